The highest BCUT2D eigenvalue weighted by atomic mass is 35.5. The van der Waals surface area contributed by atoms with Crippen LogP contribution in [-0.4, -0.2) is 57.5 Å². The van der Waals surface area contributed by atoms with E-state index >= 15 is 0 Å². The van der Waals surface area contributed by atoms with Gasteiger partial charge in [0, 0.05) is 35.3 Å². The van der Waals surface area contributed by atoms with Crippen LogP contribution in [0, 0.1) is 0 Å². The Morgan fingerprint density at radius 3 is 2.65 bits per heavy atom. The molecule has 1 aliphatic heterocycles. The number of anilines is 2. The summed E-state index contributed by atoms with van der Waals surface area (Å²) in [5.41, 5.74) is 9.88. The van der Waals surface area contributed by atoms with Crippen molar-refractivity contribution in [3.63, 3.8) is 0 Å². The van der Waals surface area contributed by atoms with Gasteiger partial charge in [0.2, 0.25) is 0 Å². The maximum Gasteiger partial charge on any atom is 0.182 e. The van der Waals surface area contributed by atoms with Crippen LogP contribution in [0.5, 0.6) is 0 Å². The molecule has 3 heterocycles. The van der Waals surface area contributed by atoms with E-state index in [0.29, 0.717) is 22.2 Å². The van der Waals surface area contributed by atoms with Crippen molar-refractivity contribution in [2.24, 2.45) is 0 Å². The summed E-state index contributed by atoms with van der Waals surface area (Å²) in [6, 6.07) is 17.5. The fourth-order valence-corrected chi connectivity index (χ4v) is 4.58. The summed E-state index contributed by atoms with van der Waals surface area (Å²) in [6.07, 6.45) is 1.65. The number of nitrogens with zero attached hydrogens (tertiary/aromatic N) is 4. The lowest BCUT2D eigenvalue weighted by Gasteiger charge is -2.21. The number of nitrogens with two attached hydrogens (primary N) is 1. The molecule has 2 aromatic heterocycles. The van der Waals surface area contributed by atoms with Gasteiger partial charge >= 0.3 is 0 Å². The topological polar surface area (TPSA) is 112 Å². The third-order valence-electron chi connectivity index (χ3n) is 5.96. The molecule has 2 aromatic carbocycles. The lowest BCUT2D eigenvalue weighted by molar-refractivity contribution is 0.149. The molecule has 5 N–H and O–H groups in total. The van der Waals surface area contributed by atoms with Gasteiger partial charge in [0.15, 0.2) is 18.0 Å². The second-order valence-electron chi connectivity index (χ2n) is 8.52. The van der Waals surface area contributed by atoms with E-state index in [1.165, 1.54) is 0 Å². The Balaban J connectivity index is 1.56. The van der Waals surface area contributed by atoms with Gasteiger partial charge in [-0.25, -0.2) is 9.97 Å². The lowest BCUT2D eigenvalue weighted by Crippen LogP contribution is -2.44. The SMILES string of the molecule is CN1CCC(NC(O)Nc2nc(-c3cc(Cl)c4ncccc4c3)c(-c3ccccc3)nc2N)C1. The molecule has 174 valence electrons. The lowest BCUT2D eigenvalue weighted by atomic mass is 10.0. The number of pyridine rings is 1. The average Bonchev–Trinajstić information content (AvgIpc) is 3.25. The third kappa shape index (κ3) is 4.67. The van der Waals surface area contributed by atoms with Crippen LogP contribution in [0.25, 0.3) is 33.4 Å². The number of fused-ring (bicyclic) bond motifs is 1. The van der Waals surface area contributed by atoms with Gasteiger partial charge in [-0.3, -0.25) is 10.3 Å². The normalized spacial score (nSPS) is 17.2. The quantitative estimate of drug-likeness (QED) is 0.313. The van der Waals surface area contributed by atoms with E-state index in [-0.39, 0.29) is 11.9 Å². The summed E-state index contributed by atoms with van der Waals surface area (Å²) in [5, 5.41) is 18.2. The van der Waals surface area contributed by atoms with E-state index in [2.05, 4.69) is 32.5 Å². The number of rotatable bonds is 6. The standard InChI is InChI=1S/C25H26ClN7O/c1-33-11-9-18(14-33)29-25(34)32-24-23(27)30-21(15-6-3-2-4-7-15)22(31-24)17-12-16-8-5-10-28-20(16)19(26)13-17/h2-8,10,12-13,18,25,29,34H,9,11,14H2,1H3,(H2,27,30)(H,31,32). The number of nitrogens with one attached hydrogen (secondary N) is 2. The van der Waals surface area contributed by atoms with E-state index in [1.807, 2.05) is 54.6 Å². The molecule has 0 spiro atoms. The van der Waals surface area contributed by atoms with Gasteiger partial charge in [0.1, 0.15) is 0 Å². The van der Waals surface area contributed by atoms with Crippen molar-refractivity contribution in [1.29, 1.82) is 0 Å². The molecule has 9 heteroatoms. The van der Waals surface area contributed by atoms with Crippen LogP contribution in [0.4, 0.5) is 11.6 Å². The first kappa shape index (κ1) is 22.5. The first-order valence-electron chi connectivity index (χ1n) is 11.1. The van der Waals surface area contributed by atoms with E-state index in [0.717, 1.165) is 41.5 Å². The Labute approximate surface area is 202 Å². The number of hydrogen-bond acceptors (Lipinski definition) is 8. The fraction of sp³-hybridized carbons (Fsp3) is 0.240. The first-order chi connectivity index (χ1) is 16.5. The van der Waals surface area contributed by atoms with Crippen molar-refractivity contribution < 1.29 is 5.11 Å². The van der Waals surface area contributed by atoms with Crippen molar-refractivity contribution in [2.75, 3.05) is 31.2 Å². The summed E-state index contributed by atoms with van der Waals surface area (Å²) in [4.78, 5) is 16.1. The first-order valence-corrected chi connectivity index (χ1v) is 11.5. The highest BCUT2D eigenvalue weighted by Crippen LogP contribution is 2.35. The molecule has 0 bridgehead atoms. The molecule has 1 saturated heterocycles. The zero-order valence-electron chi connectivity index (χ0n) is 18.7. The van der Waals surface area contributed by atoms with Gasteiger partial charge in [-0.1, -0.05) is 48.0 Å². The van der Waals surface area contributed by atoms with Crippen molar-refractivity contribution >= 4 is 34.1 Å². The van der Waals surface area contributed by atoms with Gasteiger partial charge in [0.25, 0.3) is 0 Å². The number of likely N-dealkylation sites (tertiary alicyclic amines) is 1. The predicted octanol–water partition coefficient (Wildman–Crippen LogP) is 3.58. The molecule has 0 saturated carbocycles. The van der Waals surface area contributed by atoms with Gasteiger partial charge in [-0.2, -0.15) is 0 Å². The molecule has 4 aromatic rings. The molecule has 2 unspecified atom stereocenters. The molecular weight excluding hydrogens is 450 g/mol. The average molecular weight is 476 g/mol. The summed E-state index contributed by atoms with van der Waals surface area (Å²) >= 11 is 6.57. The zero-order valence-corrected chi connectivity index (χ0v) is 19.5. The number of benzene rings is 2. The van der Waals surface area contributed by atoms with Gasteiger partial charge < -0.3 is 21.1 Å². The smallest absolute Gasteiger partial charge is 0.182 e. The number of aliphatic hydroxyl groups is 1. The van der Waals surface area contributed by atoms with E-state index in [4.69, 9.17) is 22.3 Å². The largest absolute Gasteiger partial charge is 0.381 e. The minimum absolute atomic E-state index is 0.177. The summed E-state index contributed by atoms with van der Waals surface area (Å²) in [5.74, 6) is 0.490. The van der Waals surface area contributed by atoms with E-state index in [1.54, 1.807) is 6.20 Å². The van der Waals surface area contributed by atoms with Crippen LogP contribution in [0.2, 0.25) is 5.02 Å². The van der Waals surface area contributed by atoms with Crippen LogP contribution >= 0.6 is 11.6 Å². The Bertz CT molecular complexity index is 1320. The van der Waals surface area contributed by atoms with Crippen LogP contribution in [0.3, 0.4) is 0 Å². The molecule has 0 amide bonds. The van der Waals surface area contributed by atoms with E-state index in [9.17, 15) is 5.11 Å². The van der Waals surface area contributed by atoms with Crippen molar-refractivity contribution in [1.82, 2.24) is 25.2 Å². The highest BCUT2D eigenvalue weighted by Gasteiger charge is 2.23. The third-order valence-corrected chi connectivity index (χ3v) is 6.25. The molecule has 1 fully saturated rings. The van der Waals surface area contributed by atoms with Crippen LogP contribution < -0.4 is 16.4 Å². The van der Waals surface area contributed by atoms with E-state index < -0.39 is 6.35 Å². The molecule has 34 heavy (non-hydrogen) atoms. The molecule has 0 radical (unpaired) electrons. The van der Waals surface area contributed by atoms with Crippen molar-refractivity contribution in [2.45, 2.75) is 18.8 Å². The zero-order chi connectivity index (χ0) is 23.7. The number of nitrogen functional groups attached to an aromatic ring is 1. The van der Waals surface area contributed by atoms with Crippen LogP contribution in [0.1, 0.15) is 6.42 Å². The number of halogens is 1. The highest BCUT2D eigenvalue weighted by molar-refractivity contribution is 6.35. The Kier molecular flexibility index (Phi) is 6.30. The minimum atomic E-state index is -1.02. The number of aromatic nitrogens is 3. The van der Waals surface area contributed by atoms with Gasteiger partial charge in [-0.05, 0) is 38.2 Å². The predicted molar refractivity (Wildman–Crippen MR) is 136 cm³/mol. The Hall–Kier alpha value is -3.30. The van der Waals surface area contributed by atoms with Crippen molar-refractivity contribution in [3.8, 4) is 22.5 Å². The Morgan fingerprint density at radius 1 is 1.09 bits per heavy atom. The second-order valence-corrected chi connectivity index (χ2v) is 8.92. The molecule has 1 aliphatic rings. The van der Waals surface area contributed by atoms with Crippen LogP contribution in [-0.2, 0) is 0 Å². The summed E-state index contributed by atoms with van der Waals surface area (Å²) < 4.78 is 0. The number of aliphatic hydroxyl groups excluding tert-OH is 1. The molecule has 2 atom stereocenters. The Morgan fingerprint density at radius 2 is 1.88 bits per heavy atom. The number of likely N-dealkylation sites (N-methyl/N-ethyl adjacent to an activating group) is 1. The summed E-state index contributed by atoms with van der Waals surface area (Å²) in [7, 11) is 2.06. The van der Waals surface area contributed by atoms with Gasteiger partial charge in [-0.15, -0.1) is 0 Å². The molecular formula is C25H26ClN7O. The maximum atomic E-state index is 10.6. The molecule has 8 nitrogen and oxygen atoms in total. The number of hydrogen-bond donors (Lipinski definition) is 4. The molecule has 0 aliphatic carbocycles. The molecule has 5 rings (SSSR count). The van der Waals surface area contributed by atoms with Crippen LogP contribution in [0.15, 0.2) is 60.8 Å². The maximum absolute atomic E-state index is 10.6. The summed E-state index contributed by atoms with van der Waals surface area (Å²) in [6.45, 7) is 1.85. The monoisotopic (exact) mass is 475 g/mol. The fourth-order valence-electron chi connectivity index (χ4n) is 4.30. The van der Waals surface area contributed by atoms with Crippen molar-refractivity contribution in [3.05, 3.63) is 65.8 Å². The second kappa shape index (κ2) is 9.52. The van der Waals surface area contributed by atoms with Gasteiger partial charge in [0.05, 0.1) is 21.9 Å². The minimum Gasteiger partial charge on any atom is -0.381 e.